The molecule has 0 fully saturated rings. The Morgan fingerprint density at radius 2 is 2.11 bits per heavy atom. The Bertz CT molecular complexity index is 719. The van der Waals surface area contributed by atoms with Gasteiger partial charge >= 0.3 is 5.69 Å². The van der Waals surface area contributed by atoms with Crippen LogP contribution >= 0.6 is 11.6 Å². The number of aromatic nitrogens is 2. The summed E-state index contributed by atoms with van der Waals surface area (Å²) in [6.45, 7) is 2.20. The van der Waals surface area contributed by atoms with E-state index in [1.165, 1.54) is 4.57 Å². The molecule has 100 valence electrons. The molecular formula is C13H14ClN3O2. The summed E-state index contributed by atoms with van der Waals surface area (Å²) in [7, 11) is 0. The first kappa shape index (κ1) is 13.4. The molecule has 0 saturated heterocycles. The fourth-order valence-corrected chi connectivity index (χ4v) is 1.93. The van der Waals surface area contributed by atoms with Gasteiger partial charge in [-0.05, 0) is 24.1 Å². The summed E-state index contributed by atoms with van der Waals surface area (Å²) >= 11 is 5.84. The number of aromatic amines is 1. The number of hydrogen-bond donors (Lipinski definition) is 2. The fraction of sp³-hybridized carbons (Fsp3) is 0.231. The largest absolute Gasteiger partial charge is 0.398 e. The fourth-order valence-electron chi connectivity index (χ4n) is 1.81. The number of H-pyrrole nitrogens is 1. The molecule has 2 aromatic rings. The summed E-state index contributed by atoms with van der Waals surface area (Å²) in [4.78, 5) is 25.5. The van der Waals surface area contributed by atoms with E-state index < -0.39 is 5.69 Å². The molecule has 3 N–H and O–H groups in total. The first-order valence-electron chi connectivity index (χ1n) is 5.87. The maximum atomic E-state index is 11.7. The summed E-state index contributed by atoms with van der Waals surface area (Å²) in [6, 6.07) is 5.19. The maximum Gasteiger partial charge on any atom is 0.328 e. The van der Waals surface area contributed by atoms with Gasteiger partial charge in [0.15, 0.2) is 0 Å². The maximum absolute atomic E-state index is 11.7. The summed E-state index contributed by atoms with van der Waals surface area (Å²) in [5, 5.41) is 0.479. The van der Waals surface area contributed by atoms with Crippen LogP contribution in [0.1, 0.15) is 18.1 Å². The lowest BCUT2D eigenvalue weighted by Gasteiger charge is -2.08. The van der Waals surface area contributed by atoms with Gasteiger partial charge in [0.25, 0.3) is 5.56 Å². The molecule has 0 spiro atoms. The Kier molecular flexibility index (Phi) is 3.76. The third-order valence-corrected chi connectivity index (χ3v) is 3.22. The van der Waals surface area contributed by atoms with Crippen LogP contribution in [-0.2, 0) is 13.0 Å². The van der Waals surface area contributed by atoms with Crippen molar-refractivity contribution in [1.29, 1.82) is 0 Å². The topological polar surface area (TPSA) is 80.9 Å². The van der Waals surface area contributed by atoms with Crippen LogP contribution in [0.3, 0.4) is 0 Å². The average Bonchev–Trinajstić information content (AvgIpc) is 2.37. The van der Waals surface area contributed by atoms with E-state index >= 15 is 0 Å². The van der Waals surface area contributed by atoms with Crippen molar-refractivity contribution in [3.05, 3.63) is 61.4 Å². The first-order valence-corrected chi connectivity index (χ1v) is 6.25. The van der Waals surface area contributed by atoms with Gasteiger partial charge in [0.05, 0.1) is 17.3 Å². The molecule has 0 saturated carbocycles. The number of halogens is 1. The molecule has 5 nitrogen and oxygen atoms in total. The van der Waals surface area contributed by atoms with Crippen molar-refractivity contribution in [1.82, 2.24) is 9.55 Å². The highest BCUT2D eigenvalue weighted by molar-refractivity contribution is 6.33. The Morgan fingerprint density at radius 1 is 1.37 bits per heavy atom. The number of benzene rings is 1. The van der Waals surface area contributed by atoms with Gasteiger partial charge in [-0.1, -0.05) is 24.6 Å². The number of hydrogen-bond acceptors (Lipinski definition) is 3. The van der Waals surface area contributed by atoms with Gasteiger partial charge < -0.3 is 5.73 Å². The molecular weight excluding hydrogens is 266 g/mol. The van der Waals surface area contributed by atoms with Crippen LogP contribution in [0.15, 0.2) is 34.0 Å². The molecule has 0 aliphatic rings. The third-order valence-electron chi connectivity index (χ3n) is 2.88. The van der Waals surface area contributed by atoms with Crippen LogP contribution in [0.2, 0.25) is 5.02 Å². The highest BCUT2D eigenvalue weighted by Crippen LogP contribution is 2.19. The van der Waals surface area contributed by atoms with E-state index in [1.807, 2.05) is 6.92 Å². The zero-order valence-corrected chi connectivity index (χ0v) is 11.2. The molecule has 0 radical (unpaired) electrons. The second kappa shape index (κ2) is 5.32. The zero-order valence-electron chi connectivity index (χ0n) is 10.4. The highest BCUT2D eigenvalue weighted by atomic mass is 35.5. The van der Waals surface area contributed by atoms with Gasteiger partial charge in [0, 0.05) is 11.8 Å². The van der Waals surface area contributed by atoms with Crippen LogP contribution in [0.5, 0.6) is 0 Å². The van der Waals surface area contributed by atoms with Crippen molar-refractivity contribution in [2.45, 2.75) is 19.9 Å². The quantitative estimate of drug-likeness (QED) is 0.833. The van der Waals surface area contributed by atoms with E-state index in [2.05, 4.69) is 4.98 Å². The van der Waals surface area contributed by atoms with Crippen LogP contribution in [0, 0.1) is 0 Å². The van der Waals surface area contributed by atoms with Gasteiger partial charge in [-0.25, -0.2) is 4.79 Å². The monoisotopic (exact) mass is 279 g/mol. The molecule has 19 heavy (non-hydrogen) atoms. The molecule has 2 rings (SSSR count). The lowest BCUT2D eigenvalue weighted by Crippen LogP contribution is -2.31. The number of aryl methyl sites for hydroxylation is 1. The predicted molar refractivity (Wildman–Crippen MR) is 75.7 cm³/mol. The number of nitrogens with two attached hydrogens (primary N) is 1. The molecule has 0 unspecified atom stereocenters. The van der Waals surface area contributed by atoms with Crippen molar-refractivity contribution >= 4 is 17.3 Å². The molecule has 1 aromatic heterocycles. The highest BCUT2D eigenvalue weighted by Gasteiger charge is 2.05. The van der Waals surface area contributed by atoms with Gasteiger partial charge in [0.1, 0.15) is 0 Å². The Hall–Kier alpha value is -2.01. The zero-order chi connectivity index (χ0) is 14.0. The lowest BCUT2D eigenvalue weighted by atomic mass is 10.2. The van der Waals surface area contributed by atoms with Crippen molar-refractivity contribution in [3.63, 3.8) is 0 Å². The number of nitrogens with zero attached hydrogens (tertiary/aromatic N) is 1. The minimum Gasteiger partial charge on any atom is -0.398 e. The second-order valence-corrected chi connectivity index (χ2v) is 4.66. The van der Waals surface area contributed by atoms with E-state index in [9.17, 15) is 9.59 Å². The van der Waals surface area contributed by atoms with Crippen LogP contribution in [-0.4, -0.2) is 9.55 Å². The van der Waals surface area contributed by atoms with E-state index in [0.717, 1.165) is 5.56 Å². The summed E-state index contributed by atoms with van der Waals surface area (Å²) < 4.78 is 1.45. The van der Waals surface area contributed by atoms with E-state index in [1.54, 1.807) is 24.4 Å². The lowest BCUT2D eigenvalue weighted by molar-refractivity contribution is 0.708. The van der Waals surface area contributed by atoms with Gasteiger partial charge in [-0.3, -0.25) is 14.3 Å². The van der Waals surface area contributed by atoms with E-state index in [-0.39, 0.29) is 5.56 Å². The SMILES string of the molecule is CCc1cn(Cc2ccc(Cl)c(N)c2)c(=O)[nH]c1=O. The van der Waals surface area contributed by atoms with Gasteiger partial charge in [-0.15, -0.1) is 0 Å². The third kappa shape index (κ3) is 2.88. The number of nitrogen functional groups attached to an aromatic ring is 1. The number of rotatable bonds is 3. The van der Waals surface area contributed by atoms with Crippen LogP contribution in [0.25, 0.3) is 0 Å². The summed E-state index contributed by atoms with van der Waals surface area (Å²) in [5.74, 6) is 0. The molecule has 1 heterocycles. The van der Waals surface area contributed by atoms with E-state index in [0.29, 0.717) is 29.2 Å². The molecule has 0 aliphatic heterocycles. The Labute approximate surface area is 114 Å². The summed E-state index contributed by atoms with van der Waals surface area (Å²) in [6.07, 6.45) is 2.14. The molecule has 1 aromatic carbocycles. The van der Waals surface area contributed by atoms with Crippen molar-refractivity contribution in [2.75, 3.05) is 5.73 Å². The predicted octanol–water partition coefficient (Wildman–Crippen LogP) is 1.38. The number of nitrogens with one attached hydrogen (secondary N) is 1. The molecule has 0 aliphatic carbocycles. The average molecular weight is 280 g/mol. The molecule has 0 bridgehead atoms. The minimum absolute atomic E-state index is 0.334. The van der Waals surface area contributed by atoms with Crippen molar-refractivity contribution in [3.8, 4) is 0 Å². The Morgan fingerprint density at radius 3 is 2.74 bits per heavy atom. The Balaban J connectivity index is 2.40. The molecule has 0 amide bonds. The first-order chi connectivity index (χ1) is 9.01. The molecule has 0 atom stereocenters. The second-order valence-electron chi connectivity index (χ2n) is 4.25. The van der Waals surface area contributed by atoms with Crippen LogP contribution < -0.4 is 17.0 Å². The van der Waals surface area contributed by atoms with Crippen molar-refractivity contribution in [2.24, 2.45) is 0 Å². The van der Waals surface area contributed by atoms with Gasteiger partial charge in [-0.2, -0.15) is 0 Å². The van der Waals surface area contributed by atoms with Gasteiger partial charge in [0.2, 0.25) is 0 Å². The normalized spacial score (nSPS) is 10.6. The van der Waals surface area contributed by atoms with Crippen molar-refractivity contribution < 1.29 is 0 Å². The van der Waals surface area contributed by atoms with Crippen LogP contribution in [0.4, 0.5) is 5.69 Å². The number of anilines is 1. The molecule has 6 heteroatoms. The standard InChI is InChI=1S/C13H14ClN3O2/c1-2-9-7-17(13(19)16-12(9)18)6-8-3-4-10(14)11(15)5-8/h3-5,7H,2,6,15H2,1H3,(H,16,18,19). The summed E-state index contributed by atoms with van der Waals surface area (Å²) in [5.41, 5.74) is 6.83. The smallest absolute Gasteiger partial charge is 0.328 e. The minimum atomic E-state index is -0.435. The van der Waals surface area contributed by atoms with E-state index in [4.69, 9.17) is 17.3 Å².